The van der Waals surface area contributed by atoms with Crippen molar-refractivity contribution in [2.24, 2.45) is 4.99 Å². The number of alkyl halides is 2. The first-order valence-corrected chi connectivity index (χ1v) is 8.23. The highest BCUT2D eigenvalue weighted by Gasteiger charge is 2.11. The van der Waals surface area contributed by atoms with Gasteiger partial charge in [0.15, 0.2) is 17.5 Å². The topological polar surface area (TPSA) is 46.1 Å². The average molecular weight is 483 g/mol. The summed E-state index contributed by atoms with van der Waals surface area (Å²) in [4.78, 5) is 6.59. The molecule has 1 aromatic rings. The van der Waals surface area contributed by atoms with Crippen molar-refractivity contribution in [1.82, 2.24) is 10.2 Å². The van der Waals surface area contributed by atoms with Gasteiger partial charge in [0.05, 0.1) is 13.7 Å². The first-order chi connectivity index (χ1) is 12.0. The number of halogens is 3. The van der Waals surface area contributed by atoms with E-state index in [0.717, 1.165) is 37.5 Å². The Morgan fingerprint density at radius 1 is 1.38 bits per heavy atom. The lowest BCUT2D eigenvalue weighted by atomic mass is 10.2. The number of guanidine groups is 1. The predicted molar refractivity (Wildman–Crippen MR) is 112 cm³/mol. The molecule has 0 amide bonds. The van der Waals surface area contributed by atoms with Gasteiger partial charge in [0, 0.05) is 20.1 Å². The van der Waals surface area contributed by atoms with Gasteiger partial charge in [-0.25, -0.2) is 4.99 Å². The summed E-state index contributed by atoms with van der Waals surface area (Å²) in [5, 5.41) is 3.22. The van der Waals surface area contributed by atoms with Crippen LogP contribution >= 0.6 is 24.0 Å². The summed E-state index contributed by atoms with van der Waals surface area (Å²) in [7, 11) is 3.37. The van der Waals surface area contributed by atoms with Crippen LogP contribution in [0.3, 0.4) is 0 Å². The van der Waals surface area contributed by atoms with Gasteiger partial charge in [-0.05, 0) is 37.5 Å². The Kier molecular flexibility index (Phi) is 12.8. The van der Waals surface area contributed by atoms with E-state index in [1.165, 1.54) is 13.2 Å². The molecule has 1 aromatic carbocycles. The Balaban J connectivity index is 0.00000625. The summed E-state index contributed by atoms with van der Waals surface area (Å²) in [6.45, 7) is 4.75. The van der Waals surface area contributed by atoms with E-state index in [0.29, 0.717) is 6.54 Å². The third kappa shape index (κ3) is 8.68. The molecule has 0 unspecified atom stereocenters. The molecule has 0 aliphatic carbocycles. The molecule has 0 aliphatic rings. The number of hydrogen-bond acceptors (Lipinski definition) is 3. The van der Waals surface area contributed by atoms with E-state index in [4.69, 9.17) is 4.74 Å². The fraction of sp³-hybridized carbons (Fsp3) is 0.500. The highest BCUT2D eigenvalue weighted by atomic mass is 127. The highest BCUT2D eigenvalue weighted by Crippen LogP contribution is 2.29. The molecule has 0 heterocycles. The molecule has 0 saturated carbocycles. The molecule has 148 valence electrons. The summed E-state index contributed by atoms with van der Waals surface area (Å²) in [5.41, 5.74) is 0.756. The first-order valence-electron chi connectivity index (χ1n) is 8.23. The second kappa shape index (κ2) is 13.6. The molecule has 1 rings (SSSR count). The van der Waals surface area contributed by atoms with Gasteiger partial charge in [-0.3, -0.25) is 0 Å². The number of nitrogens with zero attached hydrogens (tertiary/aromatic N) is 2. The van der Waals surface area contributed by atoms with Gasteiger partial charge in [0.1, 0.15) is 0 Å². The molecule has 0 saturated heterocycles. The largest absolute Gasteiger partial charge is 0.493 e. The van der Waals surface area contributed by atoms with Crippen molar-refractivity contribution >= 4 is 29.9 Å². The molecule has 26 heavy (non-hydrogen) atoms. The molecular formula is C18H28F2IN3O2. The van der Waals surface area contributed by atoms with E-state index in [-0.39, 0.29) is 35.5 Å². The lowest BCUT2D eigenvalue weighted by Crippen LogP contribution is -2.39. The van der Waals surface area contributed by atoms with Crippen LogP contribution in [-0.4, -0.2) is 44.7 Å². The summed E-state index contributed by atoms with van der Waals surface area (Å²) in [6.07, 6.45) is 3.82. The molecule has 0 bridgehead atoms. The first kappa shape index (κ1) is 24.4. The second-order valence-electron chi connectivity index (χ2n) is 5.39. The minimum Gasteiger partial charge on any atom is -0.493 e. The van der Waals surface area contributed by atoms with E-state index in [1.54, 1.807) is 12.1 Å². The van der Waals surface area contributed by atoms with E-state index in [9.17, 15) is 8.78 Å². The van der Waals surface area contributed by atoms with Crippen LogP contribution in [-0.2, 0) is 6.54 Å². The molecule has 0 atom stereocenters. The number of rotatable bonds is 10. The molecule has 0 aliphatic heterocycles. The molecule has 8 heteroatoms. The predicted octanol–water partition coefficient (Wildman–Crippen LogP) is 4.28. The van der Waals surface area contributed by atoms with Crippen molar-refractivity contribution in [3.63, 3.8) is 0 Å². The van der Waals surface area contributed by atoms with Crippen molar-refractivity contribution in [3.8, 4) is 11.5 Å². The summed E-state index contributed by atoms with van der Waals surface area (Å²) in [5.74, 6) is 1.04. The maximum Gasteiger partial charge on any atom is 0.387 e. The Hall–Kier alpha value is -1.58. The smallest absolute Gasteiger partial charge is 0.387 e. The van der Waals surface area contributed by atoms with Crippen LogP contribution in [0.2, 0.25) is 0 Å². The average Bonchev–Trinajstić information content (AvgIpc) is 2.58. The van der Waals surface area contributed by atoms with Crippen LogP contribution in [0.25, 0.3) is 0 Å². The van der Waals surface area contributed by atoms with Gasteiger partial charge in [-0.1, -0.05) is 12.1 Å². The van der Waals surface area contributed by atoms with E-state index in [2.05, 4.69) is 21.6 Å². The third-order valence-electron chi connectivity index (χ3n) is 3.45. The highest BCUT2D eigenvalue weighted by molar-refractivity contribution is 14.0. The van der Waals surface area contributed by atoms with Crippen LogP contribution in [0.5, 0.6) is 11.5 Å². The molecule has 1 N–H and O–H groups in total. The summed E-state index contributed by atoms with van der Waals surface area (Å²) in [6, 6.07) is 4.90. The van der Waals surface area contributed by atoms with Crippen molar-refractivity contribution in [1.29, 1.82) is 0 Å². The zero-order valence-electron chi connectivity index (χ0n) is 15.5. The lowest BCUT2D eigenvalue weighted by molar-refractivity contribution is -0.0512. The van der Waals surface area contributed by atoms with Crippen LogP contribution in [0.15, 0.2) is 35.8 Å². The van der Waals surface area contributed by atoms with E-state index >= 15 is 0 Å². The molecule has 0 radical (unpaired) electrons. The minimum atomic E-state index is -2.90. The normalized spacial score (nSPS) is 10.9. The maximum absolute atomic E-state index is 12.5. The summed E-state index contributed by atoms with van der Waals surface area (Å²) < 4.78 is 34.6. The van der Waals surface area contributed by atoms with Gasteiger partial charge < -0.3 is 19.7 Å². The molecule has 0 spiro atoms. The number of allylic oxidation sites excluding steroid dienone is 1. The van der Waals surface area contributed by atoms with Gasteiger partial charge in [-0.2, -0.15) is 8.78 Å². The quantitative estimate of drug-likeness (QED) is 0.178. The number of unbranched alkanes of at least 4 members (excludes halogenated alkanes) is 1. The lowest BCUT2D eigenvalue weighted by Gasteiger charge is -2.21. The zero-order valence-corrected chi connectivity index (χ0v) is 17.8. The molecule has 0 aromatic heterocycles. The van der Waals surface area contributed by atoms with Crippen molar-refractivity contribution in [3.05, 3.63) is 36.4 Å². The number of aliphatic imine (C=N–C) groups is 1. The Bertz CT molecular complexity index is 571. The minimum absolute atomic E-state index is 0. The second-order valence-corrected chi connectivity index (χ2v) is 5.39. The SMILES string of the molecule is C=CCCCN(C)C(=NCc1ccc(OC)c(OC(F)F)c1)NCC.I. The van der Waals surface area contributed by atoms with Crippen LogP contribution in [0.4, 0.5) is 8.78 Å². The zero-order chi connectivity index (χ0) is 18.7. The van der Waals surface area contributed by atoms with Crippen LogP contribution < -0.4 is 14.8 Å². The van der Waals surface area contributed by atoms with E-state index in [1.807, 2.05) is 24.9 Å². The Morgan fingerprint density at radius 3 is 2.69 bits per heavy atom. The monoisotopic (exact) mass is 483 g/mol. The van der Waals surface area contributed by atoms with Crippen LogP contribution in [0.1, 0.15) is 25.3 Å². The van der Waals surface area contributed by atoms with Gasteiger partial charge >= 0.3 is 6.61 Å². The number of methoxy groups -OCH3 is 1. The fourth-order valence-corrected chi connectivity index (χ4v) is 2.22. The number of hydrogen-bond donors (Lipinski definition) is 1. The van der Waals surface area contributed by atoms with Crippen molar-refractivity contribution in [2.75, 3.05) is 27.2 Å². The van der Waals surface area contributed by atoms with Gasteiger partial charge in [-0.15, -0.1) is 30.6 Å². The number of benzene rings is 1. The molecule has 0 fully saturated rings. The molecular weight excluding hydrogens is 455 g/mol. The third-order valence-corrected chi connectivity index (χ3v) is 3.45. The van der Waals surface area contributed by atoms with E-state index < -0.39 is 6.61 Å². The maximum atomic E-state index is 12.5. The standard InChI is InChI=1S/C18H27F2N3O2.HI/c1-5-7-8-11-23(3)18(21-6-2)22-13-14-9-10-15(24-4)16(12-14)25-17(19)20;/h5,9-10,12,17H,1,6-8,11,13H2,2-4H3,(H,21,22);1H. The van der Waals surface area contributed by atoms with Crippen LogP contribution in [0, 0.1) is 0 Å². The van der Waals surface area contributed by atoms with Crippen molar-refractivity contribution < 1.29 is 18.3 Å². The fourth-order valence-electron chi connectivity index (χ4n) is 2.22. The number of nitrogens with one attached hydrogen (secondary N) is 1. The number of ether oxygens (including phenoxy) is 2. The Labute approximate surface area is 171 Å². The molecule has 5 nitrogen and oxygen atoms in total. The van der Waals surface area contributed by atoms with Gasteiger partial charge in [0.25, 0.3) is 0 Å². The summed E-state index contributed by atoms with van der Waals surface area (Å²) >= 11 is 0. The van der Waals surface area contributed by atoms with Gasteiger partial charge in [0.2, 0.25) is 0 Å². The Morgan fingerprint density at radius 2 is 2.12 bits per heavy atom. The van der Waals surface area contributed by atoms with Crippen molar-refractivity contribution in [2.45, 2.75) is 32.9 Å².